The van der Waals surface area contributed by atoms with Gasteiger partial charge >= 0.3 is 5.97 Å². The number of methoxy groups -OCH3 is 1. The van der Waals surface area contributed by atoms with E-state index in [1.54, 1.807) is 16.0 Å². The van der Waals surface area contributed by atoms with Gasteiger partial charge in [-0.15, -0.1) is 11.3 Å². The van der Waals surface area contributed by atoms with Crippen LogP contribution in [-0.4, -0.2) is 58.9 Å². The molecule has 0 aliphatic carbocycles. The van der Waals surface area contributed by atoms with Gasteiger partial charge in [0.2, 0.25) is 0 Å². The highest BCUT2D eigenvalue weighted by atomic mass is 35.5. The molecule has 1 fully saturated rings. The molecule has 1 aliphatic heterocycles. The number of hydrazone groups is 1. The maximum atomic E-state index is 11.2. The van der Waals surface area contributed by atoms with Crippen LogP contribution in [0.4, 0.5) is 0 Å². The Hall–Kier alpha value is -1.98. The van der Waals surface area contributed by atoms with Gasteiger partial charge in [0, 0.05) is 24.0 Å². The van der Waals surface area contributed by atoms with E-state index in [2.05, 4.69) is 14.8 Å². The number of nitrogens with zero attached hydrogens (tertiary/aromatic N) is 5. The average molecular weight is 378 g/mol. The summed E-state index contributed by atoms with van der Waals surface area (Å²) < 4.78 is 10.4. The van der Waals surface area contributed by atoms with Crippen molar-refractivity contribution >= 4 is 34.9 Å². The molecule has 1 aromatic rings. The summed E-state index contributed by atoms with van der Waals surface area (Å²) in [6.45, 7) is 1.04. The van der Waals surface area contributed by atoms with Crippen molar-refractivity contribution in [3.05, 3.63) is 25.7 Å². The summed E-state index contributed by atoms with van der Waals surface area (Å²) in [6, 6.07) is 0. The number of guanidine groups is 1. The molecule has 2 heterocycles. The molecule has 0 aromatic carbocycles. The third kappa shape index (κ3) is 5.28. The second-order valence-corrected chi connectivity index (χ2v) is 6.52. The Morgan fingerprint density at radius 3 is 2.96 bits per heavy atom. The zero-order valence-corrected chi connectivity index (χ0v) is 14.5. The molecule has 1 aromatic heterocycles. The second-order valence-electron chi connectivity index (χ2n) is 4.82. The van der Waals surface area contributed by atoms with Gasteiger partial charge in [-0.25, -0.2) is 15.1 Å². The van der Waals surface area contributed by atoms with Crippen LogP contribution in [0.25, 0.3) is 0 Å². The van der Waals surface area contributed by atoms with Gasteiger partial charge < -0.3 is 19.3 Å². The third-order valence-electron chi connectivity index (χ3n) is 3.14. The smallest absolute Gasteiger partial charge is 0.305 e. The SMILES string of the molecule is COC(=O)CCCN1COCN(Cc2cnc(Cl)s2)C1=N[N+](=O)[O-]. The van der Waals surface area contributed by atoms with Crippen molar-refractivity contribution in [3.63, 3.8) is 0 Å². The van der Waals surface area contributed by atoms with Gasteiger partial charge in [0.1, 0.15) is 18.6 Å². The zero-order valence-electron chi connectivity index (χ0n) is 12.9. The first kappa shape index (κ1) is 18.4. The molecule has 1 aliphatic rings. The van der Waals surface area contributed by atoms with E-state index in [1.165, 1.54) is 18.4 Å². The number of ether oxygens (including phenoxy) is 2. The van der Waals surface area contributed by atoms with E-state index in [0.29, 0.717) is 24.0 Å². The van der Waals surface area contributed by atoms with Crippen molar-refractivity contribution in [1.82, 2.24) is 14.8 Å². The number of carbonyl (C=O) groups excluding carboxylic acids is 1. The molecule has 0 unspecified atom stereocenters. The fourth-order valence-corrected chi connectivity index (χ4v) is 3.11. The number of rotatable bonds is 7. The molecule has 10 nitrogen and oxygen atoms in total. The van der Waals surface area contributed by atoms with Crippen molar-refractivity contribution in [1.29, 1.82) is 0 Å². The highest BCUT2D eigenvalue weighted by Gasteiger charge is 2.28. The third-order valence-corrected chi connectivity index (χ3v) is 4.24. The normalized spacial score (nSPS) is 16.5. The fourth-order valence-electron chi connectivity index (χ4n) is 2.12. The zero-order chi connectivity index (χ0) is 17.5. The summed E-state index contributed by atoms with van der Waals surface area (Å²) >= 11 is 7.09. The molecular weight excluding hydrogens is 362 g/mol. The molecule has 0 bridgehead atoms. The maximum absolute atomic E-state index is 11.2. The van der Waals surface area contributed by atoms with Crippen LogP contribution in [0.5, 0.6) is 0 Å². The van der Waals surface area contributed by atoms with Gasteiger partial charge in [0.25, 0.3) is 5.96 Å². The summed E-state index contributed by atoms with van der Waals surface area (Å²) in [5.74, 6) is -0.155. The summed E-state index contributed by atoms with van der Waals surface area (Å²) in [7, 11) is 1.31. The topological polar surface area (TPSA) is 110 Å². The van der Waals surface area contributed by atoms with Gasteiger partial charge in [-0.2, -0.15) is 0 Å². The number of thiazole rings is 1. The molecule has 24 heavy (non-hydrogen) atoms. The number of hydrogen-bond acceptors (Lipinski definition) is 7. The van der Waals surface area contributed by atoms with Crippen molar-refractivity contribution in [2.75, 3.05) is 27.1 Å². The monoisotopic (exact) mass is 377 g/mol. The predicted octanol–water partition coefficient (Wildman–Crippen LogP) is 1.35. The number of carbonyl (C=O) groups is 1. The summed E-state index contributed by atoms with van der Waals surface area (Å²) in [6.07, 6.45) is 2.28. The van der Waals surface area contributed by atoms with Crippen LogP contribution < -0.4 is 0 Å². The Morgan fingerprint density at radius 2 is 2.33 bits per heavy atom. The van der Waals surface area contributed by atoms with Gasteiger partial charge in [0.05, 0.1) is 13.7 Å². The summed E-state index contributed by atoms with van der Waals surface area (Å²) in [5.41, 5.74) is 0. The minimum Gasteiger partial charge on any atom is -0.469 e. The molecule has 0 atom stereocenters. The van der Waals surface area contributed by atoms with Crippen molar-refractivity contribution in [3.8, 4) is 0 Å². The minimum absolute atomic E-state index is 0.161. The molecule has 132 valence electrons. The van der Waals surface area contributed by atoms with Crippen molar-refractivity contribution in [2.24, 2.45) is 5.10 Å². The Balaban J connectivity index is 2.06. The van der Waals surface area contributed by atoms with E-state index >= 15 is 0 Å². The Bertz CT molecular complexity index is 625. The molecule has 0 N–H and O–H groups in total. The van der Waals surface area contributed by atoms with E-state index in [1.807, 2.05) is 0 Å². The minimum atomic E-state index is -0.749. The van der Waals surface area contributed by atoms with Gasteiger partial charge in [0.15, 0.2) is 9.50 Å². The highest BCUT2D eigenvalue weighted by molar-refractivity contribution is 7.15. The standard InChI is InChI=1S/C12H16ClN5O5S/c1-22-10(19)3-2-4-16-7-23-8-17(12(16)15-18(20)21)6-9-5-14-11(13)24-9/h5H,2-4,6-8H2,1H3. The van der Waals surface area contributed by atoms with E-state index in [4.69, 9.17) is 16.3 Å². The van der Waals surface area contributed by atoms with Crippen molar-refractivity contribution in [2.45, 2.75) is 19.4 Å². The Morgan fingerprint density at radius 1 is 1.58 bits per heavy atom. The quantitative estimate of drug-likeness (QED) is 0.397. The van der Waals surface area contributed by atoms with Crippen LogP contribution in [0, 0.1) is 10.1 Å². The number of nitro groups is 1. The van der Waals surface area contributed by atoms with Gasteiger partial charge in [-0.1, -0.05) is 11.6 Å². The number of hydrogen-bond donors (Lipinski definition) is 0. The van der Waals surface area contributed by atoms with E-state index in [0.717, 1.165) is 4.88 Å². The van der Waals surface area contributed by atoms with Gasteiger partial charge in [-0.05, 0) is 6.42 Å². The lowest BCUT2D eigenvalue weighted by Gasteiger charge is -2.36. The molecule has 0 saturated carbocycles. The molecule has 1 saturated heterocycles. The van der Waals surface area contributed by atoms with Gasteiger partial charge in [-0.3, -0.25) is 4.79 Å². The Kier molecular flexibility index (Phi) is 6.70. The first-order chi connectivity index (χ1) is 11.5. The molecule has 0 radical (unpaired) electrons. The maximum Gasteiger partial charge on any atom is 0.305 e. The average Bonchev–Trinajstić information content (AvgIpc) is 2.94. The molecule has 0 amide bonds. The first-order valence-corrected chi connectivity index (χ1v) is 8.16. The molecular formula is C12H16ClN5O5S. The second kappa shape index (κ2) is 8.76. The molecule has 0 spiro atoms. The van der Waals surface area contributed by atoms with E-state index in [-0.39, 0.29) is 31.8 Å². The van der Waals surface area contributed by atoms with Crippen molar-refractivity contribution < 1.29 is 19.3 Å². The number of halogens is 1. The molecule has 12 heteroatoms. The largest absolute Gasteiger partial charge is 0.469 e. The highest BCUT2D eigenvalue weighted by Crippen LogP contribution is 2.21. The summed E-state index contributed by atoms with van der Waals surface area (Å²) in [5, 5.41) is 13.6. The van der Waals surface area contributed by atoms with Crippen LogP contribution in [0.1, 0.15) is 17.7 Å². The number of esters is 1. The van der Waals surface area contributed by atoms with Crippen LogP contribution in [0.3, 0.4) is 0 Å². The lowest BCUT2D eigenvalue weighted by atomic mass is 10.3. The van der Waals surface area contributed by atoms with Crippen LogP contribution in [0.15, 0.2) is 11.3 Å². The van der Waals surface area contributed by atoms with Crippen LogP contribution in [0.2, 0.25) is 4.47 Å². The van der Waals surface area contributed by atoms with E-state index in [9.17, 15) is 14.9 Å². The summed E-state index contributed by atoms with van der Waals surface area (Å²) in [4.78, 5) is 30.0. The number of aromatic nitrogens is 1. The Labute approximate surface area is 146 Å². The lowest BCUT2D eigenvalue weighted by Crippen LogP contribution is -2.51. The van der Waals surface area contributed by atoms with Crippen LogP contribution >= 0.6 is 22.9 Å². The molecule has 2 rings (SSSR count). The fraction of sp³-hybridized carbons (Fsp3) is 0.583. The lowest BCUT2D eigenvalue weighted by molar-refractivity contribution is -0.486. The van der Waals surface area contributed by atoms with Crippen LogP contribution in [-0.2, 0) is 20.8 Å². The van der Waals surface area contributed by atoms with E-state index < -0.39 is 5.03 Å². The predicted molar refractivity (Wildman–Crippen MR) is 85.9 cm³/mol. The first-order valence-electron chi connectivity index (χ1n) is 6.97.